The van der Waals surface area contributed by atoms with Crippen LogP contribution < -0.4 is 5.23 Å². The largest absolute Gasteiger partial charge is 0.692 e. The standard InChI is InChI=1S/C5HBN4O/c1-8-4-5(9-2)11-6(3-7)10-4/h10H. The van der Waals surface area contributed by atoms with Crippen molar-refractivity contribution >= 4 is 7.05 Å². The predicted octanol–water partition coefficient (Wildman–Crippen LogP) is 0.122. The van der Waals surface area contributed by atoms with Crippen molar-refractivity contribution in [1.82, 2.24) is 5.23 Å². The molecule has 50 valence electrons. The first-order chi connectivity index (χ1) is 5.31. The molecule has 1 aliphatic heterocycles. The van der Waals surface area contributed by atoms with Gasteiger partial charge in [0.15, 0.2) is 0 Å². The minimum atomic E-state index is -0.886. The molecule has 0 spiro atoms. The predicted molar refractivity (Wildman–Crippen MR) is 35.8 cm³/mol. The quantitative estimate of drug-likeness (QED) is 0.388. The summed E-state index contributed by atoms with van der Waals surface area (Å²) in [5.41, 5.74) is 0. The van der Waals surface area contributed by atoms with Crippen LogP contribution in [0.1, 0.15) is 0 Å². The lowest BCUT2D eigenvalue weighted by molar-refractivity contribution is 0.474. The van der Waals surface area contributed by atoms with Gasteiger partial charge in [-0.25, -0.2) is 10.1 Å². The van der Waals surface area contributed by atoms with Gasteiger partial charge in [-0.15, -0.1) is 0 Å². The summed E-state index contributed by atoms with van der Waals surface area (Å²) >= 11 is 0. The van der Waals surface area contributed by atoms with E-state index in [0.717, 1.165) is 0 Å². The Morgan fingerprint density at radius 3 is 2.64 bits per heavy atom. The lowest BCUT2D eigenvalue weighted by Gasteiger charge is -1.90. The van der Waals surface area contributed by atoms with Crippen LogP contribution in [0.15, 0.2) is 11.7 Å². The van der Waals surface area contributed by atoms with Crippen LogP contribution in [-0.4, -0.2) is 7.05 Å². The average Bonchev–Trinajstić information content (AvgIpc) is 2.46. The summed E-state index contributed by atoms with van der Waals surface area (Å²) in [4.78, 5) is 5.88. The fourth-order valence-corrected chi connectivity index (χ4v) is 0.601. The van der Waals surface area contributed by atoms with E-state index in [1.165, 1.54) is 0 Å². The maximum atomic E-state index is 8.32. The molecule has 11 heavy (non-hydrogen) atoms. The van der Waals surface area contributed by atoms with Crippen molar-refractivity contribution in [2.45, 2.75) is 0 Å². The van der Waals surface area contributed by atoms with Gasteiger partial charge in [-0.1, -0.05) is 6.57 Å². The number of nitrogens with zero attached hydrogens (tertiary/aromatic N) is 3. The highest BCUT2D eigenvalue weighted by Crippen LogP contribution is 2.14. The summed E-state index contributed by atoms with van der Waals surface area (Å²) in [5.74, 6) is 1.60. The van der Waals surface area contributed by atoms with E-state index in [2.05, 4.69) is 14.9 Å². The van der Waals surface area contributed by atoms with Gasteiger partial charge in [0.25, 0.3) is 0 Å². The third-order valence-corrected chi connectivity index (χ3v) is 1.03. The molecule has 0 radical (unpaired) electrons. The second-order valence-electron chi connectivity index (χ2n) is 1.65. The highest BCUT2D eigenvalue weighted by molar-refractivity contribution is 6.59. The van der Waals surface area contributed by atoms with Crippen molar-refractivity contribution in [3.63, 3.8) is 0 Å². The summed E-state index contributed by atoms with van der Waals surface area (Å²) in [7, 11) is -0.886. The van der Waals surface area contributed by atoms with Crippen molar-refractivity contribution in [3.05, 3.63) is 34.5 Å². The average molecular weight is 144 g/mol. The first-order valence-electron chi connectivity index (χ1n) is 2.64. The molecule has 0 saturated heterocycles. The SMILES string of the molecule is [C-]#[N+]C1=C([N+]#[C-])OB(C#N)N1. The molecular formula is C5HBN4O. The third-order valence-electron chi connectivity index (χ3n) is 1.03. The first kappa shape index (κ1) is 6.99. The molecule has 0 aromatic rings. The third kappa shape index (κ3) is 1.08. The Balaban J connectivity index is 2.86. The van der Waals surface area contributed by atoms with Gasteiger partial charge in [0.05, 0.1) is 6.57 Å². The zero-order valence-electron chi connectivity index (χ0n) is 5.33. The Bertz CT molecular complexity index is 302. The van der Waals surface area contributed by atoms with Gasteiger partial charge < -0.3 is 14.7 Å². The van der Waals surface area contributed by atoms with Crippen molar-refractivity contribution < 1.29 is 4.65 Å². The second-order valence-corrected chi connectivity index (χ2v) is 1.65. The van der Waals surface area contributed by atoms with E-state index in [1.807, 2.05) is 0 Å². The summed E-state index contributed by atoms with van der Waals surface area (Å²) in [6, 6.07) is 0. The molecule has 0 saturated carbocycles. The molecule has 0 aromatic carbocycles. The van der Waals surface area contributed by atoms with E-state index in [9.17, 15) is 0 Å². The van der Waals surface area contributed by atoms with Crippen LogP contribution in [0.4, 0.5) is 0 Å². The topological polar surface area (TPSA) is 53.8 Å². The summed E-state index contributed by atoms with van der Waals surface area (Å²) in [6.45, 7) is 13.1. The van der Waals surface area contributed by atoms with Gasteiger partial charge in [-0.2, -0.15) is 0 Å². The van der Waals surface area contributed by atoms with Gasteiger partial charge in [-0.05, 0) is 0 Å². The van der Waals surface area contributed by atoms with Crippen LogP contribution in [0.25, 0.3) is 9.69 Å². The number of rotatable bonds is 0. The number of hydrogen-bond acceptors (Lipinski definition) is 3. The molecule has 1 heterocycles. The van der Waals surface area contributed by atoms with Crippen molar-refractivity contribution in [2.75, 3.05) is 0 Å². The van der Waals surface area contributed by atoms with Crippen molar-refractivity contribution in [3.8, 4) is 5.97 Å². The lowest BCUT2D eigenvalue weighted by atomic mass is 9.88. The fraction of sp³-hybridized carbons (Fsp3) is 0. The zero-order valence-corrected chi connectivity index (χ0v) is 5.33. The van der Waals surface area contributed by atoms with Gasteiger partial charge in [0.1, 0.15) is 5.97 Å². The van der Waals surface area contributed by atoms with Gasteiger partial charge in [0.2, 0.25) is 5.82 Å². The molecule has 0 aliphatic carbocycles. The fourth-order valence-electron chi connectivity index (χ4n) is 0.601. The van der Waals surface area contributed by atoms with Crippen molar-refractivity contribution in [1.29, 1.82) is 5.26 Å². The molecule has 0 aromatic heterocycles. The second kappa shape index (κ2) is 2.64. The first-order valence-corrected chi connectivity index (χ1v) is 2.64. The molecule has 0 bridgehead atoms. The molecule has 6 heteroatoms. The van der Waals surface area contributed by atoms with E-state index in [1.54, 1.807) is 5.97 Å². The van der Waals surface area contributed by atoms with Gasteiger partial charge in [-0.3, -0.25) is 0 Å². The molecule has 1 aliphatic rings. The Morgan fingerprint density at radius 1 is 1.55 bits per heavy atom. The van der Waals surface area contributed by atoms with Crippen LogP contribution in [0.3, 0.4) is 0 Å². The normalized spacial score (nSPS) is 14.1. The zero-order chi connectivity index (χ0) is 8.27. The van der Waals surface area contributed by atoms with E-state index in [0.29, 0.717) is 0 Å². The molecule has 5 nitrogen and oxygen atoms in total. The highest BCUT2D eigenvalue weighted by atomic mass is 16.5. The minimum absolute atomic E-state index is 0.00606. The molecule has 0 fully saturated rings. The van der Waals surface area contributed by atoms with Crippen LogP contribution in [0.2, 0.25) is 0 Å². The summed E-state index contributed by atoms with van der Waals surface area (Å²) < 4.78 is 4.70. The van der Waals surface area contributed by atoms with E-state index >= 15 is 0 Å². The summed E-state index contributed by atoms with van der Waals surface area (Å²) in [6.07, 6.45) is 0. The smallest absolute Gasteiger partial charge is 0.551 e. The number of hydrogen-bond donors (Lipinski definition) is 1. The van der Waals surface area contributed by atoms with E-state index in [4.69, 9.17) is 23.1 Å². The molecular weight excluding hydrogens is 143 g/mol. The molecule has 1 N–H and O–H groups in total. The molecule has 0 unspecified atom stereocenters. The van der Waals surface area contributed by atoms with Gasteiger partial charge in [0, 0.05) is 0 Å². The Hall–Kier alpha value is -2.13. The summed E-state index contributed by atoms with van der Waals surface area (Å²) in [5, 5.41) is 10.7. The van der Waals surface area contributed by atoms with Crippen molar-refractivity contribution in [2.24, 2.45) is 0 Å². The van der Waals surface area contributed by atoms with Gasteiger partial charge >= 0.3 is 12.9 Å². The van der Waals surface area contributed by atoms with E-state index in [-0.39, 0.29) is 11.7 Å². The Labute approximate surface area is 63.6 Å². The lowest BCUT2D eigenvalue weighted by Crippen LogP contribution is -2.26. The molecule has 0 amide bonds. The Morgan fingerprint density at radius 2 is 2.27 bits per heavy atom. The monoisotopic (exact) mass is 144 g/mol. The molecule has 0 atom stereocenters. The molecule has 1 rings (SSSR count). The number of nitrogens with one attached hydrogen (secondary N) is 1. The van der Waals surface area contributed by atoms with Crippen LogP contribution >= 0.6 is 0 Å². The maximum absolute atomic E-state index is 8.32. The maximum Gasteiger partial charge on any atom is 0.692 e. The minimum Gasteiger partial charge on any atom is -0.551 e. The Kier molecular flexibility index (Phi) is 1.68. The highest BCUT2D eigenvalue weighted by Gasteiger charge is 2.34. The van der Waals surface area contributed by atoms with Crippen LogP contribution in [-0.2, 0) is 4.65 Å². The van der Waals surface area contributed by atoms with Crippen LogP contribution in [0, 0.1) is 24.4 Å². The van der Waals surface area contributed by atoms with E-state index < -0.39 is 7.05 Å². The number of nitriles is 1. The van der Waals surface area contributed by atoms with Crippen LogP contribution in [0.5, 0.6) is 0 Å².